The lowest BCUT2D eigenvalue weighted by molar-refractivity contribution is 0.246. The predicted molar refractivity (Wildman–Crippen MR) is 103 cm³/mol. The summed E-state index contributed by atoms with van der Waals surface area (Å²) < 4.78 is 13.6. The van der Waals surface area contributed by atoms with Crippen molar-refractivity contribution in [3.8, 4) is 11.3 Å². The van der Waals surface area contributed by atoms with Gasteiger partial charge in [0.1, 0.15) is 5.82 Å². The first-order valence-corrected chi connectivity index (χ1v) is 9.41. The minimum atomic E-state index is -0.229. The fourth-order valence-electron chi connectivity index (χ4n) is 3.63. The molecular weight excluding hydrogens is 341 g/mol. The number of H-pyrrole nitrogens is 1. The van der Waals surface area contributed by atoms with E-state index in [1.165, 1.54) is 6.07 Å². The van der Waals surface area contributed by atoms with Crippen LogP contribution in [0.2, 0.25) is 0 Å². The lowest BCUT2D eigenvalue weighted by Crippen LogP contribution is -2.30. The second kappa shape index (κ2) is 8.41. The van der Waals surface area contributed by atoms with Crippen LogP contribution in [-0.2, 0) is 13.1 Å². The third-order valence-corrected chi connectivity index (χ3v) is 5.02. The Morgan fingerprint density at radius 1 is 0.963 bits per heavy atom. The van der Waals surface area contributed by atoms with Crippen molar-refractivity contribution in [2.24, 2.45) is 0 Å². The molecule has 5 nitrogen and oxygen atoms in total. The Balaban J connectivity index is 1.39. The van der Waals surface area contributed by atoms with Crippen molar-refractivity contribution < 1.29 is 4.39 Å². The molecule has 0 aliphatic carbocycles. The van der Waals surface area contributed by atoms with Crippen molar-refractivity contribution in [3.05, 3.63) is 71.9 Å². The van der Waals surface area contributed by atoms with Crippen LogP contribution in [0.1, 0.15) is 17.7 Å². The highest BCUT2D eigenvalue weighted by Crippen LogP contribution is 2.23. The Labute approximate surface area is 158 Å². The molecule has 2 aromatic heterocycles. The van der Waals surface area contributed by atoms with Gasteiger partial charge in [-0.25, -0.2) is 4.39 Å². The van der Waals surface area contributed by atoms with Gasteiger partial charge in [0.15, 0.2) is 0 Å². The Kier molecular flexibility index (Phi) is 5.55. The van der Waals surface area contributed by atoms with Crippen LogP contribution >= 0.6 is 0 Å². The molecule has 1 aliphatic rings. The lowest BCUT2D eigenvalue weighted by Gasteiger charge is -2.21. The second-order valence-electron chi connectivity index (χ2n) is 7.01. The minimum absolute atomic E-state index is 0.229. The summed E-state index contributed by atoms with van der Waals surface area (Å²) >= 11 is 0. The molecule has 0 atom stereocenters. The van der Waals surface area contributed by atoms with Gasteiger partial charge in [0.25, 0.3) is 0 Å². The Morgan fingerprint density at radius 3 is 2.59 bits per heavy atom. The molecule has 4 rings (SSSR count). The molecule has 0 amide bonds. The zero-order valence-corrected chi connectivity index (χ0v) is 15.3. The Hall–Kier alpha value is -2.57. The van der Waals surface area contributed by atoms with Gasteiger partial charge < -0.3 is 0 Å². The number of hydrogen-bond donors (Lipinski definition) is 1. The molecule has 1 fully saturated rings. The first kappa shape index (κ1) is 17.8. The highest BCUT2D eigenvalue weighted by Gasteiger charge is 2.18. The van der Waals surface area contributed by atoms with Crippen LogP contribution in [0.5, 0.6) is 0 Å². The molecule has 6 heteroatoms. The number of benzene rings is 1. The number of aromatic amines is 1. The van der Waals surface area contributed by atoms with Gasteiger partial charge in [-0.2, -0.15) is 5.10 Å². The van der Waals surface area contributed by atoms with Gasteiger partial charge in [-0.3, -0.25) is 19.9 Å². The fourth-order valence-corrected chi connectivity index (χ4v) is 3.63. The van der Waals surface area contributed by atoms with Crippen molar-refractivity contribution in [3.63, 3.8) is 0 Å². The van der Waals surface area contributed by atoms with Crippen LogP contribution in [0, 0.1) is 5.82 Å². The molecule has 0 radical (unpaired) electrons. The average Bonchev–Trinajstić information content (AvgIpc) is 3.03. The van der Waals surface area contributed by atoms with Gasteiger partial charge in [-0.15, -0.1) is 0 Å². The van der Waals surface area contributed by atoms with Crippen molar-refractivity contribution in [2.75, 3.05) is 26.2 Å². The van der Waals surface area contributed by atoms with Gasteiger partial charge in [-0.1, -0.05) is 18.2 Å². The number of hydrogen-bond acceptors (Lipinski definition) is 4. The first-order chi connectivity index (χ1) is 13.3. The van der Waals surface area contributed by atoms with Gasteiger partial charge in [0.05, 0.1) is 17.6 Å². The molecule has 0 bridgehead atoms. The molecule has 0 unspecified atom stereocenters. The van der Waals surface area contributed by atoms with Crippen LogP contribution < -0.4 is 0 Å². The second-order valence-corrected chi connectivity index (χ2v) is 7.01. The maximum Gasteiger partial charge on any atom is 0.123 e. The lowest BCUT2D eigenvalue weighted by atomic mass is 10.1. The van der Waals surface area contributed by atoms with Gasteiger partial charge in [-0.05, 0) is 43.8 Å². The largest absolute Gasteiger partial charge is 0.298 e. The molecule has 1 aromatic carbocycles. The summed E-state index contributed by atoms with van der Waals surface area (Å²) in [5, 5.41) is 7.23. The molecule has 3 aromatic rings. The average molecular weight is 365 g/mol. The highest BCUT2D eigenvalue weighted by atomic mass is 19.1. The van der Waals surface area contributed by atoms with E-state index in [-0.39, 0.29) is 5.82 Å². The van der Waals surface area contributed by atoms with E-state index in [0.717, 1.165) is 68.2 Å². The van der Waals surface area contributed by atoms with Crippen LogP contribution in [0.15, 0.2) is 54.9 Å². The van der Waals surface area contributed by atoms with Crippen molar-refractivity contribution in [2.45, 2.75) is 19.5 Å². The summed E-state index contributed by atoms with van der Waals surface area (Å²) in [7, 11) is 0. The molecule has 27 heavy (non-hydrogen) atoms. The number of halogens is 1. The monoisotopic (exact) mass is 365 g/mol. The molecule has 1 saturated heterocycles. The fraction of sp³-hybridized carbons (Fsp3) is 0.333. The van der Waals surface area contributed by atoms with Crippen molar-refractivity contribution in [1.82, 2.24) is 25.0 Å². The van der Waals surface area contributed by atoms with E-state index in [1.54, 1.807) is 12.1 Å². The van der Waals surface area contributed by atoms with Crippen molar-refractivity contribution >= 4 is 0 Å². The zero-order chi connectivity index (χ0) is 18.5. The maximum absolute atomic E-state index is 13.6. The van der Waals surface area contributed by atoms with E-state index in [2.05, 4.69) is 31.0 Å². The van der Waals surface area contributed by atoms with Crippen LogP contribution in [0.3, 0.4) is 0 Å². The minimum Gasteiger partial charge on any atom is -0.298 e. The van der Waals surface area contributed by atoms with Crippen LogP contribution in [-0.4, -0.2) is 51.2 Å². The van der Waals surface area contributed by atoms with E-state index in [9.17, 15) is 4.39 Å². The van der Waals surface area contributed by atoms with E-state index in [4.69, 9.17) is 0 Å². The standard InChI is InChI=1S/C21H24FN5/c22-19-6-3-5-17(13-19)21-18(14-24-25-21)15-26-9-4-10-27(12-11-26)16-20-7-1-2-8-23-20/h1-3,5-8,13-14H,4,9-12,15-16H2,(H,24,25). The van der Waals surface area contributed by atoms with E-state index < -0.39 is 0 Å². The predicted octanol–water partition coefficient (Wildman–Crippen LogP) is 3.32. The smallest absolute Gasteiger partial charge is 0.123 e. The number of rotatable bonds is 5. The van der Waals surface area contributed by atoms with E-state index >= 15 is 0 Å². The number of nitrogens with one attached hydrogen (secondary N) is 1. The SMILES string of the molecule is Fc1cccc(-c2[nH]ncc2CN2CCCN(Cc3ccccn3)CC2)c1. The molecule has 3 heterocycles. The molecule has 1 aliphatic heterocycles. The summed E-state index contributed by atoms with van der Waals surface area (Å²) in [5.74, 6) is -0.229. The summed E-state index contributed by atoms with van der Waals surface area (Å²) in [6.07, 6.45) is 4.84. The molecule has 0 saturated carbocycles. The Morgan fingerprint density at radius 2 is 1.81 bits per heavy atom. The van der Waals surface area contributed by atoms with E-state index in [1.807, 2.05) is 30.6 Å². The Bertz CT molecular complexity index is 864. The van der Waals surface area contributed by atoms with Gasteiger partial charge in [0.2, 0.25) is 0 Å². The third-order valence-electron chi connectivity index (χ3n) is 5.02. The third kappa shape index (κ3) is 4.59. The van der Waals surface area contributed by atoms with Gasteiger partial charge in [0, 0.05) is 43.5 Å². The summed E-state index contributed by atoms with van der Waals surface area (Å²) in [5.41, 5.74) is 3.98. The summed E-state index contributed by atoms with van der Waals surface area (Å²) in [4.78, 5) is 9.35. The maximum atomic E-state index is 13.6. The van der Waals surface area contributed by atoms with E-state index in [0.29, 0.717) is 0 Å². The number of nitrogens with zero attached hydrogens (tertiary/aromatic N) is 4. The van der Waals surface area contributed by atoms with Crippen LogP contribution in [0.4, 0.5) is 4.39 Å². The zero-order valence-electron chi connectivity index (χ0n) is 15.3. The van der Waals surface area contributed by atoms with Gasteiger partial charge >= 0.3 is 0 Å². The molecule has 0 spiro atoms. The molecule has 140 valence electrons. The highest BCUT2D eigenvalue weighted by molar-refractivity contribution is 5.62. The summed E-state index contributed by atoms with van der Waals surface area (Å²) in [6.45, 7) is 5.86. The van der Waals surface area contributed by atoms with Crippen LogP contribution in [0.25, 0.3) is 11.3 Å². The number of aromatic nitrogens is 3. The molecule has 1 N–H and O–H groups in total. The summed E-state index contributed by atoms with van der Waals surface area (Å²) in [6, 6.07) is 12.7. The number of pyridine rings is 1. The first-order valence-electron chi connectivity index (χ1n) is 9.41. The van der Waals surface area contributed by atoms with Crippen molar-refractivity contribution in [1.29, 1.82) is 0 Å². The quantitative estimate of drug-likeness (QED) is 0.754. The molecular formula is C21H24FN5. The topological polar surface area (TPSA) is 48.1 Å². The normalized spacial score (nSPS) is 16.3.